The fourth-order valence-corrected chi connectivity index (χ4v) is 11.8. The molecule has 0 aromatic carbocycles. The summed E-state index contributed by atoms with van der Waals surface area (Å²) < 4.78 is 12.2. The number of ether oxygens (including phenoxy) is 2. The van der Waals surface area contributed by atoms with Gasteiger partial charge in [-0.3, -0.25) is 9.59 Å². The lowest BCUT2D eigenvalue weighted by Crippen LogP contribution is -2.53. The van der Waals surface area contributed by atoms with Crippen LogP contribution in [0.15, 0.2) is 45.6 Å². The first kappa shape index (κ1) is 35.7. The van der Waals surface area contributed by atoms with Crippen LogP contribution in [0, 0.1) is 39.9 Å². The standard InChI is InChI=1S/C43H64O5/c1-27(2)29-11-15-34-31(23-29)13-17-36-40(34,5)19-9-21-42(36,7)39(46)47-26-33(44)25-38(45)48-43(8)22-10-20-41(6)35-16-12-30(28(3)4)24-32(35)14-18-37(41)43/h23-24,27-28,33,36-37,44H,9-22,25-26H2,1-8H3. The summed E-state index contributed by atoms with van der Waals surface area (Å²) in [6, 6.07) is 0. The maximum Gasteiger partial charge on any atom is 0.312 e. The lowest BCUT2D eigenvalue weighted by atomic mass is 9.48. The van der Waals surface area contributed by atoms with Gasteiger partial charge in [-0.2, -0.15) is 0 Å². The van der Waals surface area contributed by atoms with Crippen molar-refractivity contribution in [3.63, 3.8) is 0 Å². The summed E-state index contributed by atoms with van der Waals surface area (Å²) in [5.41, 5.74) is 8.23. The Morgan fingerprint density at radius 2 is 1.27 bits per heavy atom. The van der Waals surface area contributed by atoms with Crippen molar-refractivity contribution in [3.8, 4) is 0 Å². The molecule has 0 amide bonds. The van der Waals surface area contributed by atoms with Crippen LogP contribution < -0.4 is 0 Å². The largest absolute Gasteiger partial charge is 0.462 e. The van der Waals surface area contributed by atoms with Gasteiger partial charge in [0, 0.05) is 5.92 Å². The van der Waals surface area contributed by atoms with Crippen molar-refractivity contribution in [2.24, 2.45) is 39.9 Å². The second-order valence-electron chi connectivity index (χ2n) is 18.1. The molecular weight excluding hydrogens is 596 g/mol. The number of rotatable bonds is 8. The van der Waals surface area contributed by atoms with E-state index in [2.05, 4.69) is 67.5 Å². The second kappa shape index (κ2) is 13.2. The number of aliphatic hydroxyl groups is 1. The maximum absolute atomic E-state index is 13.9. The Bertz CT molecular complexity index is 1430. The Hall–Kier alpha value is -2.14. The predicted molar refractivity (Wildman–Crippen MR) is 192 cm³/mol. The van der Waals surface area contributed by atoms with Crippen LogP contribution in [0.3, 0.4) is 0 Å². The first-order valence-electron chi connectivity index (χ1n) is 19.5. The number of carbonyl (C=O) groups is 2. The van der Waals surface area contributed by atoms with Gasteiger partial charge in [-0.25, -0.2) is 0 Å². The zero-order valence-electron chi connectivity index (χ0n) is 31.4. The predicted octanol–water partition coefficient (Wildman–Crippen LogP) is 10.1. The van der Waals surface area contributed by atoms with Gasteiger partial charge < -0.3 is 14.6 Å². The van der Waals surface area contributed by atoms with E-state index < -0.39 is 17.1 Å². The molecule has 0 bridgehead atoms. The quantitative estimate of drug-likeness (QED) is 0.262. The molecule has 0 saturated heterocycles. The summed E-state index contributed by atoms with van der Waals surface area (Å²) >= 11 is 0. The van der Waals surface area contributed by atoms with Crippen molar-refractivity contribution in [1.82, 2.24) is 0 Å². The summed E-state index contributed by atoms with van der Waals surface area (Å²) in [5.74, 6) is 1.07. The minimum absolute atomic E-state index is 0.00549. The van der Waals surface area contributed by atoms with Gasteiger partial charge in [0.1, 0.15) is 12.2 Å². The Kier molecular flexibility index (Phi) is 9.81. The average molecular weight is 661 g/mol. The van der Waals surface area contributed by atoms with Gasteiger partial charge >= 0.3 is 11.9 Å². The zero-order valence-corrected chi connectivity index (χ0v) is 31.4. The SMILES string of the molecule is CC(C)C1=CC2=C(CC1)C1(C)CCCC(C)(OC(=O)CC(O)COC(=O)C3(C)CCCC4(C)C5=C(C=C(C(C)C)CC5)CCC34)C1CC2. The monoisotopic (exact) mass is 660 g/mol. The molecule has 0 spiro atoms. The van der Waals surface area contributed by atoms with Gasteiger partial charge in [-0.15, -0.1) is 0 Å². The van der Waals surface area contributed by atoms with Crippen LogP contribution in [0.2, 0.25) is 0 Å². The molecular formula is C43H64O5. The van der Waals surface area contributed by atoms with Gasteiger partial charge in [0.15, 0.2) is 0 Å². The Morgan fingerprint density at radius 3 is 1.83 bits per heavy atom. The average Bonchev–Trinajstić information content (AvgIpc) is 3.02. The molecule has 0 radical (unpaired) electrons. The number of carbonyl (C=O) groups excluding carboxylic acids is 2. The van der Waals surface area contributed by atoms with E-state index in [9.17, 15) is 14.7 Å². The number of aliphatic hydroxyl groups excluding tert-OH is 1. The van der Waals surface area contributed by atoms with E-state index in [1.807, 2.05) is 0 Å². The minimum atomic E-state index is -1.07. The van der Waals surface area contributed by atoms with Crippen molar-refractivity contribution < 1.29 is 24.2 Å². The fourth-order valence-electron chi connectivity index (χ4n) is 11.8. The molecule has 48 heavy (non-hydrogen) atoms. The summed E-state index contributed by atoms with van der Waals surface area (Å²) in [6.45, 7) is 18.0. The third-order valence-corrected chi connectivity index (χ3v) is 14.5. The zero-order chi connectivity index (χ0) is 34.6. The van der Waals surface area contributed by atoms with Crippen LogP contribution in [-0.2, 0) is 19.1 Å². The molecule has 0 aliphatic heterocycles. The highest BCUT2D eigenvalue weighted by molar-refractivity contribution is 5.77. The number of hydrogen-bond donors (Lipinski definition) is 1. The third kappa shape index (κ3) is 6.21. The first-order chi connectivity index (χ1) is 22.6. The Labute approximate surface area is 291 Å². The van der Waals surface area contributed by atoms with Crippen LogP contribution in [-0.4, -0.2) is 35.4 Å². The molecule has 6 rings (SSSR count). The Morgan fingerprint density at radius 1 is 0.750 bits per heavy atom. The number of esters is 2. The fraction of sp³-hybridized carbons (Fsp3) is 0.767. The lowest BCUT2D eigenvalue weighted by molar-refractivity contribution is -0.182. The van der Waals surface area contributed by atoms with E-state index in [1.165, 1.54) is 11.1 Å². The molecule has 5 heteroatoms. The summed E-state index contributed by atoms with van der Waals surface area (Å²) in [4.78, 5) is 27.2. The van der Waals surface area contributed by atoms with Crippen molar-refractivity contribution in [3.05, 3.63) is 45.6 Å². The number of fused-ring (bicyclic) bond motifs is 4. The van der Waals surface area contributed by atoms with E-state index in [4.69, 9.17) is 9.47 Å². The maximum atomic E-state index is 13.9. The van der Waals surface area contributed by atoms with Crippen molar-refractivity contribution >= 4 is 11.9 Å². The molecule has 7 atom stereocenters. The highest BCUT2D eigenvalue weighted by Gasteiger charge is 2.57. The molecule has 266 valence electrons. The van der Waals surface area contributed by atoms with Crippen molar-refractivity contribution in [2.75, 3.05) is 6.61 Å². The van der Waals surface area contributed by atoms with E-state index in [0.29, 0.717) is 11.8 Å². The number of hydrogen-bond acceptors (Lipinski definition) is 5. The van der Waals surface area contributed by atoms with E-state index in [1.54, 1.807) is 22.3 Å². The van der Waals surface area contributed by atoms with Crippen molar-refractivity contribution in [2.45, 2.75) is 163 Å². The third-order valence-electron chi connectivity index (χ3n) is 14.5. The molecule has 6 aliphatic rings. The summed E-state index contributed by atoms with van der Waals surface area (Å²) in [7, 11) is 0. The first-order valence-corrected chi connectivity index (χ1v) is 19.5. The Balaban J connectivity index is 1.07. The van der Waals surface area contributed by atoms with Gasteiger partial charge in [-0.1, -0.05) is 82.4 Å². The topological polar surface area (TPSA) is 72.8 Å². The highest BCUT2D eigenvalue weighted by Crippen LogP contribution is 2.62. The minimum Gasteiger partial charge on any atom is -0.462 e. The lowest BCUT2D eigenvalue weighted by Gasteiger charge is -2.56. The summed E-state index contributed by atoms with van der Waals surface area (Å²) in [5, 5.41) is 11.0. The molecule has 7 unspecified atom stereocenters. The van der Waals surface area contributed by atoms with Crippen molar-refractivity contribution in [1.29, 1.82) is 0 Å². The molecule has 1 N–H and O–H groups in total. The normalized spacial score (nSPS) is 37.1. The van der Waals surface area contributed by atoms with E-state index in [0.717, 1.165) is 89.9 Å². The van der Waals surface area contributed by atoms with Gasteiger partial charge in [0.05, 0.1) is 17.9 Å². The van der Waals surface area contributed by atoms with Crippen LogP contribution in [0.4, 0.5) is 0 Å². The summed E-state index contributed by atoms with van der Waals surface area (Å²) in [6.07, 6.45) is 18.2. The van der Waals surface area contributed by atoms with E-state index >= 15 is 0 Å². The smallest absolute Gasteiger partial charge is 0.312 e. The molecule has 0 aromatic rings. The molecule has 5 nitrogen and oxygen atoms in total. The van der Waals surface area contributed by atoms with Crippen LogP contribution in [0.5, 0.6) is 0 Å². The number of allylic oxidation sites excluding steroid dienone is 8. The van der Waals surface area contributed by atoms with Gasteiger partial charge in [0.25, 0.3) is 0 Å². The van der Waals surface area contributed by atoms with Gasteiger partial charge in [-0.05, 0) is 137 Å². The van der Waals surface area contributed by atoms with Gasteiger partial charge in [0.2, 0.25) is 0 Å². The van der Waals surface area contributed by atoms with E-state index in [-0.39, 0.29) is 47.6 Å². The molecule has 2 fully saturated rings. The second-order valence-corrected chi connectivity index (χ2v) is 18.1. The van der Waals surface area contributed by atoms with Crippen LogP contribution in [0.25, 0.3) is 0 Å². The molecule has 2 saturated carbocycles. The highest BCUT2D eigenvalue weighted by atomic mass is 16.6. The molecule has 6 aliphatic carbocycles. The van der Waals surface area contributed by atoms with Crippen LogP contribution in [0.1, 0.15) is 152 Å². The molecule has 0 heterocycles. The molecule has 0 aromatic heterocycles. The van der Waals surface area contributed by atoms with Crippen LogP contribution >= 0.6 is 0 Å².